The summed E-state index contributed by atoms with van der Waals surface area (Å²) in [5.41, 5.74) is 9.65. The number of pyridine rings is 1. The highest BCUT2D eigenvalue weighted by atomic mass is 16.2. The fourth-order valence-corrected chi connectivity index (χ4v) is 2.66. The number of piperazine rings is 1. The molecule has 22 heavy (non-hydrogen) atoms. The van der Waals surface area contributed by atoms with E-state index in [0.29, 0.717) is 18.7 Å². The van der Waals surface area contributed by atoms with Crippen molar-refractivity contribution in [3.05, 3.63) is 53.9 Å². The Morgan fingerprint density at radius 1 is 1.18 bits per heavy atom. The molecule has 0 aliphatic carbocycles. The first-order valence-corrected chi connectivity index (χ1v) is 7.45. The summed E-state index contributed by atoms with van der Waals surface area (Å²) in [4.78, 5) is 20.5. The number of benzene rings is 1. The molecule has 114 valence electrons. The molecular weight excluding hydrogens is 276 g/mol. The van der Waals surface area contributed by atoms with Gasteiger partial charge in [-0.3, -0.25) is 9.78 Å². The van der Waals surface area contributed by atoms with E-state index in [9.17, 15) is 4.79 Å². The lowest BCUT2D eigenvalue weighted by Crippen LogP contribution is -2.48. The average Bonchev–Trinajstić information content (AvgIpc) is 2.58. The summed E-state index contributed by atoms with van der Waals surface area (Å²) in [6.07, 6.45) is 3.30. The van der Waals surface area contributed by atoms with Gasteiger partial charge in [0.05, 0.1) is 5.56 Å². The summed E-state index contributed by atoms with van der Waals surface area (Å²) in [6.45, 7) is 5.05. The molecule has 0 bridgehead atoms. The number of anilines is 2. The molecule has 5 heteroatoms. The summed E-state index contributed by atoms with van der Waals surface area (Å²) < 4.78 is 0. The van der Waals surface area contributed by atoms with Crippen LogP contribution in [-0.4, -0.2) is 42.0 Å². The zero-order valence-corrected chi connectivity index (χ0v) is 12.7. The number of rotatable bonds is 2. The topological polar surface area (TPSA) is 62.5 Å². The van der Waals surface area contributed by atoms with E-state index in [0.717, 1.165) is 30.0 Å². The number of nitrogen functional groups attached to an aromatic ring is 1. The maximum absolute atomic E-state index is 12.4. The summed E-state index contributed by atoms with van der Waals surface area (Å²) >= 11 is 0. The van der Waals surface area contributed by atoms with Crippen LogP contribution in [0.2, 0.25) is 0 Å². The third-order valence-electron chi connectivity index (χ3n) is 4.10. The number of amides is 1. The van der Waals surface area contributed by atoms with E-state index in [1.54, 1.807) is 18.5 Å². The smallest absolute Gasteiger partial charge is 0.255 e. The van der Waals surface area contributed by atoms with Crippen LogP contribution in [0.5, 0.6) is 0 Å². The first-order valence-electron chi connectivity index (χ1n) is 7.45. The van der Waals surface area contributed by atoms with Gasteiger partial charge in [-0.05, 0) is 36.8 Å². The van der Waals surface area contributed by atoms with Gasteiger partial charge in [0.15, 0.2) is 0 Å². The molecule has 2 heterocycles. The van der Waals surface area contributed by atoms with Crippen LogP contribution >= 0.6 is 0 Å². The van der Waals surface area contributed by atoms with Crippen molar-refractivity contribution in [3.63, 3.8) is 0 Å². The fourth-order valence-electron chi connectivity index (χ4n) is 2.66. The van der Waals surface area contributed by atoms with Gasteiger partial charge in [0.25, 0.3) is 5.91 Å². The van der Waals surface area contributed by atoms with Crippen LogP contribution in [0.25, 0.3) is 0 Å². The third kappa shape index (κ3) is 2.88. The van der Waals surface area contributed by atoms with Crippen LogP contribution in [0.4, 0.5) is 11.4 Å². The van der Waals surface area contributed by atoms with E-state index in [-0.39, 0.29) is 5.91 Å². The number of aromatic nitrogens is 1. The molecule has 0 radical (unpaired) electrons. The molecule has 2 aromatic rings. The Morgan fingerprint density at radius 2 is 1.95 bits per heavy atom. The molecule has 0 saturated carbocycles. The molecule has 0 atom stereocenters. The predicted octanol–water partition coefficient (Wildman–Crippen LogP) is 1.93. The van der Waals surface area contributed by atoms with E-state index >= 15 is 0 Å². The molecule has 1 aliphatic rings. The number of carbonyl (C=O) groups is 1. The molecule has 1 aliphatic heterocycles. The Hall–Kier alpha value is -2.56. The maximum atomic E-state index is 12.4. The van der Waals surface area contributed by atoms with Crippen LogP contribution in [-0.2, 0) is 0 Å². The van der Waals surface area contributed by atoms with Crippen LogP contribution in [0.1, 0.15) is 15.9 Å². The van der Waals surface area contributed by atoms with Crippen LogP contribution in [0.3, 0.4) is 0 Å². The van der Waals surface area contributed by atoms with Crippen LogP contribution in [0.15, 0.2) is 42.7 Å². The quantitative estimate of drug-likeness (QED) is 0.860. The van der Waals surface area contributed by atoms with Crippen molar-refractivity contribution in [1.29, 1.82) is 0 Å². The number of hydrogen-bond acceptors (Lipinski definition) is 4. The number of nitrogens with zero attached hydrogens (tertiary/aromatic N) is 3. The lowest BCUT2D eigenvalue weighted by molar-refractivity contribution is 0.0746. The van der Waals surface area contributed by atoms with Gasteiger partial charge in [0.2, 0.25) is 0 Å². The molecule has 1 fully saturated rings. The van der Waals surface area contributed by atoms with Gasteiger partial charge in [-0.2, -0.15) is 0 Å². The second kappa shape index (κ2) is 6.05. The molecule has 3 rings (SSSR count). The monoisotopic (exact) mass is 296 g/mol. The van der Waals surface area contributed by atoms with Crippen LogP contribution in [0, 0.1) is 6.92 Å². The van der Waals surface area contributed by atoms with Gasteiger partial charge < -0.3 is 15.5 Å². The van der Waals surface area contributed by atoms with Gasteiger partial charge in [0.1, 0.15) is 0 Å². The zero-order chi connectivity index (χ0) is 15.5. The number of carbonyl (C=O) groups excluding carboxylic acids is 1. The van der Waals surface area contributed by atoms with Crippen molar-refractivity contribution in [1.82, 2.24) is 9.88 Å². The van der Waals surface area contributed by atoms with E-state index in [2.05, 4.69) is 16.0 Å². The van der Waals surface area contributed by atoms with Crippen molar-refractivity contribution in [2.75, 3.05) is 36.8 Å². The van der Waals surface area contributed by atoms with E-state index in [1.807, 2.05) is 30.0 Å². The standard InChI is InChI=1S/C17H20N4O/c1-13-4-5-15(11-16(13)18)20-7-9-21(10-8-20)17(22)14-3-2-6-19-12-14/h2-6,11-12H,7-10,18H2,1H3. The zero-order valence-electron chi connectivity index (χ0n) is 12.7. The summed E-state index contributed by atoms with van der Waals surface area (Å²) in [6, 6.07) is 9.73. The van der Waals surface area contributed by atoms with Gasteiger partial charge in [-0.1, -0.05) is 6.07 Å². The Bertz CT molecular complexity index is 664. The first kappa shape index (κ1) is 14.4. The van der Waals surface area contributed by atoms with Crippen LogP contribution < -0.4 is 10.6 Å². The third-order valence-corrected chi connectivity index (χ3v) is 4.10. The molecular formula is C17H20N4O. The Kier molecular flexibility index (Phi) is 3.96. The highest BCUT2D eigenvalue weighted by Gasteiger charge is 2.22. The Labute approximate surface area is 130 Å². The second-order valence-electron chi connectivity index (χ2n) is 5.56. The minimum Gasteiger partial charge on any atom is -0.398 e. The van der Waals surface area contributed by atoms with Gasteiger partial charge in [0, 0.05) is 49.9 Å². The van der Waals surface area contributed by atoms with Crippen molar-refractivity contribution in [2.45, 2.75) is 6.92 Å². The lowest BCUT2D eigenvalue weighted by atomic mass is 10.1. The minimum atomic E-state index is 0.0520. The van der Waals surface area contributed by atoms with Gasteiger partial charge in [-0.25, -0.2) is 0 Å². The lowest BCUT2D eigenvalue weighted by Gasteiger charge is -2.36. The normalized spacial score (nSPS) is 15.0. The van der Waals surface area contributed by atoms with Crippen molar-refractivity contribution >= 4 is 17.3 Å². The molecule has 5 nitrogen and oxygen atoms in total. The summed E-state index contributed by atoms with van der Waals surface area (Å²) in [7, 11) is 0. The maximum Gasteiger partial charge on any atom is 0.255 e. The van der Waals surface area contributed by atoms with E-state index in [1.165, 1.54) is 0 Å². The molecule has 2 N–H and O–H groups in total. The first-order chi connectivity index (χ1) is 10.6. The summed E-state index contributed by atoms with van der Waals surface area (Å²) in [5, 5.41) is 0. The van der Waals surface area contributed by atoms with Crippen molar-refractivity contribution in [3.8, 4) is 0 Å². The van der Waals surface area contributed by atoms with Gasteiger partial charge in [-0.15, -0.1) is 0 Å². The summed E-state index contributed by atoms with van der Waals surface area (Å²) in [5.74, 6) is 0.0520. The SMILES string of the molecule is Cc1ccc(N2CCN(C(=O)c3cccnc3)CC2)cc1N. The second-order valence-corrected chi connectivity index (χ2v) is 5.56. The Balaban J connectivity index is 1.65. The number of aryl methyl sites for hydroxylation is 1. The highest BCUT2D eigenvalue weighted by Crippen LogP contribution is 2.22. The number of hydrogen-bond donors (Lipinski definition) is 1. The number of nitrogens with two attached hydrogens (primary N) is 1. The molecule has 0 spiro atoms. The van der Waals surface area contributed by atoms with Crippen molar-refractivity contribution < 1.29 is 4.79 Å². The van der Waals surface area contributed by atoms with E-state index < -0.39 is 0 Å². The van der Waals surface area contributed by atoms with Crippen molar-refractivity contribution in [2.24, 2.45) is 0 Å². The molecule has 1 aromatic carbocycles. The average molecular weight is 296 g/mol. The highest BCUT2D eigenvalue weighted by molar-refractivity contribution is 5.94. The fraction of sp³-hybridized carbons (Fsp3) is 0.294. The largest absolute Gasteiger partial charge is 0.398 e. The van der Waals surface area contributed by atoms with Gasteiger partial charge >= 0.3 is 0 Å². The molecule has 1 amide bonds. The Morgan fingerprint density at radius 3 is 2.59 bits per heavy atom. The molecule has 1 saturated heterocycles. The predicted molar refractivity (Wildman–Crippen MR) is 87.9 cm³/mol. The van der Waals surface area contributed by atoms with E-state index in [4.69, 9.17) is 5.73 Å². The minimum absolute atomic E-state index is 0.0520. The molecule has 1 aromatic heterocycles. The molecule has 0 unspecified atom stereocenters.